The minimum absolute atomic E-state index is 0.117. The zero-order chi connectivity index (χ0) is 20.4. The van der Waals surface area contributed by atoms with Gasteiger partial charge in [-0.1, -0.05) is 19.9 Å². The second-order valence-electron chi connectivity index (χ2n) is 7.09. The van der Waals surface area contributed by atoms with Crippen molar-refractivity contribution in [3.05, 3.63) is 41.5 Å². The number of aromatic hydroxyl groups is 1. The average Bonchev–Trinajstić information content (AvgIpc) is 3.02. The maximum Gasteiger partial charge on any atom is 0.203 e. The fourth-order valence-corrected chi connectivity index (χ4v) is 3.86. The Morgan fingerprint density at radius 2 is 1.21 bits per heavy atom. The number of methoxy groups -OCH3 is 4. The van der Waals surface area contributed by atoms with E-state index in [2.05, 4.69) is 13.8 Å². The highest BCUT2D eigenvalue weighted by Crippen LogP contribution is 2.51. The van der Waals surface area contributed by atoms with Gasteiger partial charge in [0, 0.05) is 0 Å². The lowest BCUT2D eigenvalue weighted by molar-refractivity contribution is 0.0286. The van der Waals surface area contributed by atoms with Crippen molar-refractivity contribution in [2.75, 3.05) is 28.4 Å². The molecule has 0 spiro atoms. The summed E-state index contributed by atoms with van der Waals surface area (Å²) in [5.74, 6) is 2.85. The molecule has 0 aliphatic carbocycles. The quantitative estimate of drug-likeness (QED) is 0.785. The Hall–Kier alpha value is -2.60. The van der Waals surface area contributed by atoms with Gasteiger partial charge in [0.2, 0.25) is 5.75 Å². The Balaban J connectivity index is 1.97. The first-order valence-corrected chi connectivity index (χ1v) is 9.27. The van der Waals surface area contributed by atoms with E-state index in [0.29, 0.717) is 23.0 Å². The molecule has 4 atom stereocenters. The van der Waals surface area contributed by atoms with Crippen molar-refractivity contribution in [3.8, 4) is 28.7 Å². The molecule has 2 aromatic rings. The highest BCUT2D eigenvalue weighted by Gasteiger charge is 2.41. The molecule has 0 saturated carbocycles. The SMILES string of the molecule is COc1cc([C@@H]2O[C@@H](c3cc(OC)c(OC)c(OC)c3)[C@H](C)[C@H]2C)ccc1O. The molecule has 1 heterocycles. The Morgan fingerprint density at radius 3 is 1.71 bits per heavy atom. The van der Waals surface area contributed by atoms with E-state index in [0.717, 1.165) is 11.1 Å². The van der Waals surface area contributed by atoms with Crippen LogP contribution in [0.3, 0.4) is 0 Å². The predicted molar refractivity (Wildman–Crippen MR) is 106 cm³/mol. The molecule has 1 aliphatic heterocycles. The molecule has 28 heavy (non-hydrogen) atoms. The first-order chi connectivity index (χ1) is 13.4. The van der Waals surface area contributed by atoms with E-state index in [9.17, 15) is 5.11 Å². The van der Waals surface area contributed by atoms with Crippen molar-refractivity contribution in [1.29, 1.82) is 0 Å². The van der Waals surface area contributed by atoms with E-state index in [1.165, 1.54) is 0 Å². The number of ether oxygens (including phenoxy) is 5. The first kappa shape index (κ1) is 20.1. The van der Waals surface area contributed by atoms with E-state index in [1.807, 2.05) is 24.3 Å². The van der Waals surface area contributed by atoms with Gasteiger partial charge in [-0.3, -0.25) is 0 Å². The number of phenols is 1. The molecule has 2 aromatic carbocycles. The van der Waals surface area contributed by atoms with Crippen molar-refractivity contribution < 1.29 is 28.8 Å². The molecule has 152 valence electrons. The standard InChI is InChI=1S/C22H28O6/c1-12-13(2)21(15-10-18(25-4)22(27-6)19(11-15)26-5)28-20(12)14-7-8-16(23)17(9-14)24-3/h7-13,20-21,23H,1-6H3/t12-,13-,20-,21-/m1/s1. The van der Waals surface area contributed by atoms with Crippen molar-refractivity contribution in [1.82, 2.24) is 0 Å². The second-order valence-corrected chi connectivity index (χ2v) is 7.09. The molecule has 6 nitrogen and oxygen atoms in total. The number of rotatable bonds is 6. The van der Waals surface area contributed by atoms with E-state index in [-0.39, 0.29) is 29.8 Å². The molecule has 1 saturated heterocycles. The van der Waals surface area contributed by atoms with Gasteiger partial charge in [0.1, 0.15) is 0 Å². The molecule has 0 amide bonds. The van der Waals surface area contributed by atoms with Gasteiger partial charge in [-0.25, -0.2) is 0 Å². The highest BCUT2D eigenvalue weighted by atomic mass is 16.5. The van der Waals surface area contributed by atoms with Gasteiger partial charge >= 0.3 is 0 Å². The van der Waals surface area contributed by atoms with Crippen molar-refractivity contribution >= 4 is 0 Å². The number of phenolic OH excluding ortho intramolecular Hbond substituents is 1. The van der Waals surface area contributed by atoms with Crippen LogP contribution in [0.4, 0.5) is 0 Å². The fraction of sp³-hybridized carbons (Fsp3) is 0.455. The number of hydrogen-bond donors (Lipinski definition) is 1. The van der Waals surface area contributed by atoms with Gasteiger partial charge < -0.3 is 28.8 Å². The largest absolute Gasteiger partial charge is 0.504 e. The summed E-state index contributed by atoms with van der Waals surface area (Å²) in [6.45, 7) is 4.35. The molecule has 3 rings (SSSR count). The van der Waals surface area contributed by atoms with Crippen LogP contribution in [0, 0.1) is 11.8 Å². The zero-order valence-electron chi connectivity index (χ0n) is 17.2. The van der Waals surface area contributed by atoms with E-state index in [1.54, 1.807) is 34.5 Å². The molecule has 0 unspecified atom stereocenters. The number of hydrogen-bond acceptors (Lipinski definition) is 6. The van der Waals surface area contributed by atoms with E-state index < -0.39 is 0 Å². The highest BCUT2D eigenvalue weighted by molar-refractivity contribution is 5.54. The molecule has 1 fully saturated rings. The summed E-state index contributed by atoms with van der Waals surface area (Å²) in [4.78, 5) is 0. The van der Waals surface area contributed by atoms with Crippen LogP contribution < -0.4 is 18.9 Å². The van der Waals surface area contributed by atoms with Crippen molar-refractivity contribution in [2.45, 2.75) is 26.1 Å². The normalized spacial score (nSPS) is 24.1. The lowest BCUT2D eigenvalue weighted by Gasteiger charge is -2.20. The Morgan fingerprint density at radius 1 is 0.714 bits per heavy atom. The average molecular weight is 388 g/mol. The summed E-state index contributed by atoms with van der Waals surface area (Å²) >= 11 is 0. The van der Waals surface area contributed by atoms with Gasteiger partial charge in [-0.15, -0.1) is 0 Å². The third-order valence-corrected chi connectivity index (χ3v) is 5.63. The summed E-state index contributed by atoms with van der Waals surface area (Å²) in [6, 6.07) is 9.23. The number of benzene rings is 2. The van der Waals surface area contributed by atoms with E-state index in [4.69, 9.17) is 23.7 Å². The van der Waals surface area contributed by atoms with Crippen molar-refractivity contribution in [2.24, 2.45) is 11.8 Å². The Labute approximate surface area is 165 Å². The van der Waals surface area contributed by atoms with Gasteiger partial charge in [-0.05, 0) is 47.2 Å². The minimum Gasteiger partial charge on any atom is -0.504 e. The van der Waals surface area contributed by atoms with Crippen LogP contribution in [0.25, 0.3) is 0 Å². The lowest BCUT2D eigenvalue weighted by Crippen LogP contribution is -2.10. The topological polar surface area (TPSA) is 66.4 Å². The monoisotopic (exact) mass is 388 g/mol. The third-order valence-electron chi connectivity index (χ3n) is 5.63. The van der Waals surface area contributed by atoms with Crippen LogP contribution in [0.15, 0.2) is 30.3 Å². The van der Waals surface area contributed by atoms with Crippen LogP contribution in [0.2, 0.25) is 0 Å². The van der Waals surface area contributed by atoms with Crippen LogP contribution in [-0.4, -0.2) is 33.5 Å². The summed E-state index contributed by atoms with van der Waals surface area (Å²) in [6.07, 6.45) is -0.248. The summed E-state index contributed by atoms with van der Waals surface area (Å²) in [7, 11) is 6.34. The Bertz CT molecular complexity index is 809. The minimum atomic E-state index is -0.131. The van der Waals surface area contributed by atoms with E-state index >= 15 is 0 Å². The first-order valence-electron chi connectivity index (χ1n) is 9.27. The third kappa shape index (κ3) is 3.44. The molecular weight excluding hydrogens is 360 g/mol. The van der Waals surface area contributed by atoms with Gasteiger partial charge in [0.15, 0.2) is 23.0 Å². The second kappa shape index (κ2) is 8.19. The molecular formula is C22H28O6. The lowest BCUT2D eigenvalue weighted by atomic mass is 9.85. The summed E-state index contributed by atoms with van der Waals surface area (Å²) < 4.78 is 28.1. The Kier molecular flexibility index (Phi) is 5.89. The van der Waals surface area contributed by atoms with Crippen molar-refractivity contribution in [3.63, 3.8) is 0 Å². The maximum absolute atomic E-state index is 9.88. The fourth-order valence-electron chi connectivity index (χ4n) is 3.86. The molecule has 1 aliphatic rings. The van der Waals surface area contributed by atoms with Gasteiger partial charge in [0.05, 0.1) is 40.6 Å². The summed E-state index contributed by atoms with van der Waals surface area (Å²) in [5.41, 5.74) is 1.95. The van der Waals surface area contributed by atoms with Crippen LogP contribution >= 0.6 is 0 Å². The molecule has 6 heteroatoms. The smallest absolute Gasteiger partial charge is 0.203 e. The molecule has 1 N–H and O–H groups in total. The van der Waals surface area contributed by atoms with Gasteiger partial charge in [0.25, 0.3) is 0 Å². The molecule has 0 radical (unpaired) electrons. The molecule has 0 aromatic heterocycles. The zero-order valence-corrected chi connectivity index (χ0v) is 17.2. The van der Waals surface area contributed by atoms with Crippen LogP contribution in [0.5, 0.6) is 28.7 Å². The van der Waals surface area contributed by atoms with Gasteiger partial charge in [-0.2, -0.15) is 0 Å². The molecule has 0 bridgehead atoms. The van der Waals surface area contributed by atoms with Crippen LogP contribution in [-0.2, 0) is 4.74 Å². The van der Waals surface area contributed by atoms with Crippen LogP contribution in [0.1, 0.15) is 37.2 Å². The maximum atomic E-state index is 9.88. The summed E-state index contributed by atoms with van der Waals surface area (Å²) in [5, 5.41) is 9.88. The predicted octanol–water partition coefficient (Wildman–Crippen LogP) is 4.51.